The molecule has 0 bridgehead atoms. The van der Waals surface area contributed by atoms with Gasteiger partial charge in [0, 0.05) is 6.20 Å². The van der Waals surface area contributed by atoms with Crippen LogP contribution in [0.15, 0.2) is 18.8 Å². The summed E-state index contributed by atoms with van der Waals surface area (Å²) in [6.45, 7) is 5.82. The predicted octanol–water partition coefficient (Wildman–Crippen LogP) is 2.29. The molecule has 1 heterocycles. The lowest BCUT2D eigenvalue weighted by Gasteiger charge is -2.08. The van der Waals surface area contributed by atoms with Gasteiger partial charge in [0.25, 0.3) is 0 Å². The lowest BCUT2D eigenvalue weighted by molar-refractivity contribution is 0.297. The average molecular weight is 206 g/mol. The minimum atomic E-state index is -0.530. The molecule has 0 aliphatic rings. The Morgan fingerprint density at radius 3 is 3.07 bits per heavy atom. The third-order valence-electron chi connectivity index (χ3n) is 1.83. The number of hydrogen-bond acceptors (Lipinski definition) is 3. The normalized spacial score (nSPS) is 9.40. The van der Waals surface area contributed by atoms with E-state index in [1.54, 1.807) is 6.92 Å². The number of hydrogen-bond donors (Lipinski definition) is 0. The quantitative estimate of drug-likeness (QED) is 0.710. The van der Waals surface area contributed by atoms with Crippen LogP contribution in [0.2, 0.25) is 0 Å². The molecule has 4 heteroatoms. The van der Waals surface area contributed by atoms with Crippen LogP contribution in [0.4, 0.5) is 4.39 Å². The fourth-order valence-electron chi connectivity index (χ4n) is 1.15. The van der Waals surface area contributed by atoms with Gasteiger partial charge in [-0.05, 0) is 13.0 Å². The van der Waals surface area contributed by atoms with Crippen molar-refractivity contribution in [1.82, 2.24) is 4.98 Å². The fourth-order valence-corrected chi connectivity index (χ4v) is 1.15. The number of rotatable bonds is 4. The van der Waals surface area contributed by atoms with Gasteiger partial charge in [-0.3, -0.25) is 4.98 Å². The molecular formula is C11H11FN2O. The van der Waals surface area contributed by atoms with Crippen LogP contribution >= 0.6 is 0 Å². The van der Waals surface area contributed by atoms with Crippen LogP contribution in [-0.4, -0.2) is 11.6 Å². The van der Waals surface area contributed by atoms with E-state index in [0.29, 0.717) is 6.61 Å². The van der Waals surface area contributed by atoms with E-state index >= 15 is 0 Å². The Balaban J connectivity index is 3.04. The van der Waals surface area contributed by atoms with Crippen LogP contribution in [-0.2, 0) is 11.2 Å². The van der Waals surface area contributed by atoms with Crippen molar-refractivity contribution >= 4 is 5.76 Å². The second kappa shape index (κ2) is 5.11. The van der Waals surface area contributed by atoms with Crippen LogP contribution in [0.5, 0.6) is 0 Å². The maximum atomic E-state index is 13.7. The lowest BCUT2D eigenvalue weighted by Crippen LogP contribution is -2.00. The molecule has 1 rings (SSSR count). The first kappa shape index (κ1) is 11.2. The molecule has 3 nitrogen and oxygen atoms in total. The summed E-state index contributed by atoms with van der Waals surface area (Å²) in [5.41, 5.74) is 0.382. The van der Waals surface area contributed by atoms with Gasteiger partial charge in [-0.15, -0.1) is 0 Å². The van der Waals surface area contributed by atoms with Crippen molar-refractivity contribution in [1.29, 1.82) is 5.26 Å². The SMILES string of the molecule is C=C(OCC)c1ccnc(CC#N)c1F. The first-order valence-corrected chi connectivity index (χ1v) is 4.53. The van der Waals surface area contributed by atoms with Crippen LogP contribution in [0, 0.1) is 17.1 Å². The van der Waals surface area contributed by atoms with Crippen molar-refractivity contribution in [2.24, 2.45) is 0 Å². The summed E-state index contributed by atoms with van der Waals surface area (Å²) in [5.74, 6) is -0.269. The first-order valence-electron chi connectivity index (χ1n) is 4.53. The lowest BCUT2D eigenvalue weighted by atomic mass is 10.1. The summed E-state index contributed by atoms with van der Waals surface area (Å²) < 4.78 is 18.8. The molecule has 15 heavy (non-hydrogen) atoms. The highest BCUT2D eigenvalue weighted by Crippen LogP contribution is 2.19. The maximum absolute atomic E-state index is 13.7. The average Bonchev–Trinajstić information content (AvgIpc) is 2.22. The number of halogens is 1. The number of nitrogens with zero attached hydrogens (tertiary/aromatic N) is 2. The Bertz CT molecular complexity index is 410. The standard InChI is InChI=1S/C11H11FN2O/c1-3-15-8(2)9-5-7-14-10(4-6-13)11(9)12/h5,7H,2-4H2,1H3. The first-order chi connectivity index (χ1) is 7.20. The Morgan fingerprint density at radius 1 is 1.73 bits per heavy atom. The van der Waals surface area contributed by atoms with Crippen molar-refractivity contribution in [3.05, 3.63) is 35.9 Å². The van der Waals surface area contributed by atoms with Crippen LogP contribution < -0.4 is 0 Å². The monoisotopic (exact) mass is 206 g/mol. The second-order valence-electron chi connectivity index (χ2n) is 2.81. The highest BCUT2D eigenvalue weighted by molar-refractivity contribution is 5.58. The Kier molecular flexibility index (Phi) is 3.81. The molecule has 0 fully saturated rings. The van der Waals surface area contributed by atoms with Crippen molar-refractivity contribution in [3.63, 3.8) is 0 Å². The van der Waals surface area contributed by atoms with Gasteiger partial charge in [0.1, 0.15) is 5.76 Å². The molecule has 0 aliphatic heterocycles. The highest BCUT2D eigenvalue weighted by atomic mass is 19.1. The van der Waals surface area contributed by atoms with E-state index < -0.39 is 5.82 Å². The summed E-state index contributed by atoms with van der Waals surface area (Å²) in [6.07, 6.45) is 1.38. The zero-order chi connectivity index (χ0) is 11.3. The summed E-state index contributed by atoms with van der Waals surface area (Å²) in [6, 6.07) is 3.33. The predicted molar refractivity (Wildman–Crippen MR) is 54.2 cm³/mol. The van der Waals surface area contributed by atoms with E-state index in [4.69, 9.17) is 10.00 Å². The van der Waals surface area contributed by atoms with Gasteiger partial charge in [0.05, 0.1) is 30.4 Å². The van der Waals surface area contributed by atoms with E-state index in [9.17, 15) is 4.39 Å². The molecule has 1 aromatic heterocycles. The van der Waals surface area contributed by atoms with Crippen LogP contribution in [0.25, 0.3) is 5.76 Å². The van der Waals surface area contributed by atoms with Gasteiger partial charge >= 0.3 is 0 Å². The summed E-state index contributed by atoms with van der Waals surface area (Å²) in [7, 11) is 0. The summed E-state index contributed by atoms with van der Waals surface area (Å²) in [5, 5.41) is 8.47. The Morgan fingerprint density at radius 2 is 2.47 bits per heavy atom. The van der Waals surface area contributed by atoms with Crippen LogP contribution in [0.3, 0.4) is 0 Å². The molecule has 0 radical (unpaired) electrons. The molecule has 78 valence electrons. The molecule has 0 aliphatic carbocycles. The number of aromatic nitrogens is 1. The Hall–Kier alpha value is -1.89. The molecule has 0 aromatic carbocycles. The largest absolute Gasteiger partial charge is 0.494 e. The van der Waals surface area contributed by atoms with E-state index in [-0.39, 0.29) is 23.4 Å². The van der Waals surface area contributed by atoms with Gasteiger partial charge in [0.2, 0.25) is 0 Å². The van der Waals surface area contributed by atoms with E-state index in [0.717, 1.165) is 0 Å². The zero-order valence-electron chi connectivity index (χ0n) is 8.46. The van der Waals surface area contributed by atoms with Crippen LogP contribution in [0.1, 0.15) is 18.2 Å². The fraction of sp³-hybridized carbons (Fsp3) is 0.273. The van der Waals surface area contributed by atoms with Gasteiger partial charge in [-0.1, -0.05) is 6.58 Å². The van der Waals surface area contributed by atoms with Gasteiger partial charge in [-0.2, -0.15) is 5.26 Å². The van der Waals surface area contributed by atoms with Gasteiger partial charge in [-0.25, -0.2) is 4.39 Å². The van der Waals surface area contributed by atoms with Crippen molar-refractivity contribution in [2.45, 2.75) is 13.3 Å². The Labute approximate surface area is 87.8 Å². The van der Waals surface area contributed by atoms with E-state index in [1.165, 1.54) is 12.3 Å². The maximum Gasteiger partial charge on any atom is 0.156 e. The highest BCUT2D eigenvalue weighted by Gasteiger charge is 2.12. The molecule has 0 saturated heterocycles. The van der Waals surface area contributed by atoms with Gasteiger partial charge in [0.15, 0.2) is 5.82 Å². The van der Waals surface area contributed by atoms with Crippen molar-refractivity contribution in [3.8, 4) is 6.07 Å². The van der Waals surface area contributed by atoms with Gasteiger partial charge < -0.3 is 4.74 Å². The minimum absolute atomic E-state index is 0.0565. The molecule has 0 unspecified atom stereocenters. The molecular weight excluding hydrogens is 195 g/mol. The summed E-state index contributed by atoms with van der Waals surface area (Å²) >= 11 is 0. The van der Waals surface area contributed by atoms with Crippen molar-refractivity contribution < 1.29 is 9.13 Å². The number of ether oxygens (including phenoxy) is 1. The molecule has 1 aromatic rings. The topological polar surface area (TPSA) is 45.9 Å². The zero-order valence-corrected chi connectivity index (χ0v) is 8.46. The summed E-state index contributed by atoms with van der Waals surface area (Å²) in [4.78, 5) is 3.78. The number of pyridine rings is 1. The van der Waals surface area contributed by atoms with E-state index in [2.05, 4.69) is 11.6 Å². The minimum Gasteiger partial charge on any atom is -0.494 e. The van der Waals surface area contributed by atoms with E-state index in [1.807, 2.05) is 6.07 Å². The molecule has 0 amide bonds. The number of nitriles is 1. The second-order valence-corrected chi connectivity index (χ2v) is 2.81. The van der Waals surface area contributed by atoms with Crippen molar-refractivity contribution in [2.75, 3.05) is 6.61 Å². The molecule has 0 atom stereocenters. The third kappa shape index (κ3) is 2.53. The smallest absolute Gasteiger partial charge is 0.156 e. The molecule has 0 N–H and O–H groups in total. The molecule has 0 spiro atoms. The molecule has 0 saturated carbocycles. The third-order valence-corrected chi connectivity index (χ3v) is 1.83.